The highest BCUT2D eigenvalue weighted by Gasteiger charge is 2.30. The molecule has 3 aromatic carbocycles. The summed E-state index contributed by atoms with van der Waals surface area (Å²) in [6, 6.07) is 13.2. The summed E-state index contributed by atoms with van der Waals surface area (Å²) in [5.41, 5.74) is 2.82. The molecule has 3 nitrogen and oxygen atoms in total. The van der Waals surface area contributed by atoms with Crippen LogP contribution in [0.5, 0.6) is 5.75 Å². The predicted octanol–water partition coefficient (Wildman–Crippen LogP) is 8.37. The normalized spacial score (nSPS) is 14.6. The topological polar surface area (TPSA) is 46.5 Å². The second-order valence-corrected chi connectivity index (χ2v) is 9.87. The number of aryl methyl sites for hydroxylation is 1. The molecule has 0 atom stereocenters. The van der Waals surface area contributed by atoms with Crippen molar-refractivity contribution in [2.45, 2.75) is 52.6 Å². The molecule has 1 aliphatic carbocycles. The van der Waals surface area contributed by atoms with E-state index in [1.54, 1.807) is 18.2 Å². The first kappa shape index (κ1) is 26.5. The Hall–Kier alpha value is -3.61. The van der Waals surface area contributed by atoms with Crippen LogP contribution in [-0.4, -0.2) is 11.1 Å². The minimum Gasteiger partial charge on any atom is -0.486 e. The number of allylic oxidation sites excluding steroid dienone is 2. The summed E-state index contributed by atoms with van der Waals surface area (Å²) in [7, 11) is 0. The van der Waals surface area contributed by atoms with Gasteiger partial charge in [-0.3, -0.25) is 4.79 Å². The van der Waals surface area contributed by atoms with Crippen LogP contribution in [0.15, 0.2) is 60.7 Å². The van der Waals surface area contributed by atoms with Crippen molar-refractivity contribution in [1.29, 1.82) is 0 Å². The van der Waals surface area contributed by atoms with Crippen LogP contribution in [-0.2, 0) is 17.8 Å². The number of hydrogen-bond donors (Lipinski definition) is 1. The van der Waals surface area contributed by atoms with E-state index in [9.17, 15) is 22.4 Å². The molecule has 7 heteroatoms. The molecule has 0 heterocycles. The number of aliphatic carboxylic acids is 1. The smallest absolute Gasteiger partial charge is 0.303 e. The van der Waals surface area contributed by atoms with Crippen molar-refractivity contribution in [1.82, 2.24) is 0 Å². The molecule has 0 amide bonds. The SMILES string of the molecule is CC1(C)CCC=C1c1cc(COc2cccc(CCC(=O)O)c2F)ccc1-c1cc(C(F)F)ccc1F. The number of alkyl halides is 2. The molecule has 4 rings (SSSR count). The lowest BCUT2D eigenvalue weighted by atomic mass is 9.79. The Morgan fingerprint density at radius 1 is 1.03 bits per heavy atom. The van der Waals surface area contributed by atoms with Crippen LogP contribution < -0.4 is 4.74 Å². The van der Waals surface area contributed by atoms with Crippen LogP contribution in [0.25, 0.3) is 16.7 Å². The Kier molecular flexibility index (Phi) is 7.71. The largest absolute Gasteiger partial charge is 0.486 e. The summed E-state index contributed by atoms with van der Waals surface area (Å²) < 4.78 is 62.2. The summed E-state index contributed by atoms with van der Waals surface area (Å²) in [5, 5.41) is 8.88. The molecule has 194 valence electrons. The highest BCUT2D eigenvalue weighted by molar-refractivity contribution is 5.85. The van der Waals surface area contributed by atoms with Gasteiger partial charge in [-0.05, 0) is 76.8 Å². The molecule has 0 saturated carbocycles. The minimum absolute atomic E-state index is 0.00426. The van der Waals surface area contributed by atoms with E-state index in [0.717, 1.165) is 36.1 Å². The van der Waals surface area contributed by atoms with Crippen LogP contribution >= 0.6 is 0 Å². The fourth-order valence-electron chi connectivity index (χ4n) is 4.75. The molecule has 0 bridgehead atoms. The number of ether oxygens (including phenoxy) is 1. The Bertz CT molecular complexity index is 1340. The summed E-state index contributed by atoms with van der Waals surface area (Å²) in [6.07, 6.45) is 0.957. The molecule has 3 aromatic rings. The molecule has 0 unspecified atom stereocenters. The number of carboxylic acids is 1. The molecule has 0 spiro atoms. The van der Waals surface area contributed by atoms with Gasteiger partial charge in [0.2, 0.25) is 0 Å². The Labute approximate surface area is 213 Å². The number of carbonyl (C=O) groups is 1. The number of hydrogen-bond acceptors (Lipinski definition) is 2. The fraction of sp³-hybridized carbons (Fsp3) is 0.300. The van der Waals surface area contributed by atoms with Gasteiger partial charge in [0.1, 0.15) is 12.4 Å². The molecule has 0 aliphatic heterocycles. The quantitative estimate of drug-likeness (QED) is 0.293. The summed E-state index contributed by atoms with van der Waals surface area (Å²) in [4.78, 5) is 10.9. The van der Waals surface area contributed by atoms with E-state index in [1.165, 1.54) is 18.2 Å². The second-order valence-electron chi connectivity index (χ2n) is 9.87. The van der Waals surface area contributed by atoms with Gasteiger partial charge < -0.3 is 9.84 Å². The lowest BCUT2D eigenvalue weighted by Gasteiger charge is -2.25. The van der Waals surface area contributed by atoms with Crippen LogP contribution in [0.4, 0.5) is 17.6 Å². The van der Waals surface area contributed by atoms with E-state index < -0.39 is 24.0 Å². The van der Waals surface area contributed by atoms with Gasteiger partial charge >= 0.3 is 5.97 Å². The fourth-order valence-corrected chi connectivity index (χ4v) is 4.75. The summed E-state index contributed by atoms with van der Waals surface area (Å²) in [6.45, 7) is 4.19. The van der Waals surface area contributed by atoms with E-state index >= 15 is 0 Å². The van der Waals surface area contributed by atoms with Crippen LogP contribution in [0.1, 0.15) is 61.8 Å². The Balaban J connectivity index is 1.69. The first-order valence-electron chi connectivity index (χ1n) is 12.1. The highest BCUT2D eigenvalue weighted by atomic mass is 19.3. The number of benzene rings is 3. The standard InChI is InChI=1S/C30H28F4O3/c1-30(2)14-4-6-24(30)22-15-18(8-11-21(22)23-16-20(29(33)34)9-12-25(23)31)17-37-26-7-3-5-19(28(26)32)10-13-27(35)36/h3,5-9,11-12,15-16,29H,4,10,13-14,17H2,1-2H3,(H,35,36). The van der Waals surface area contributed by atoms with Gasteiger partial charge in [0.15, 0.2) is 11.6 Å². The van der Waals surface area contributed by atoms with Crippen molar-refractivity contribution in [2.75, 3.05) is 0 Å². The van der Waals surface area contributed by atoms with Gasteiger partial charge in [0.25, 0.3) is 6.43 Å². The molecular weight excluding hydrogens is 484 g/mol. The third kappa shape index (κ3) is 5.87. The van der Waals surface area contributed by atoms with Crippen molar-refractivity contribution >= 4 is 11.5 Å². The van der Waals surface area contributed by atoms with Gasteiger partial charge in [-0.15, -0.1) is 0 Å². The maximum absolute atomic E-state index is 14.9. The van der Waals surface area contributed by atoms with E-state index in [0.29, 0.717) is 11.1 Å². The molecule has 0 aromatic heterocycles. The summed E-state index contributed by atoms with van der Waals surface area (Å²) >= 11 is 0. The molecule has 0 saturated heterocycles. The van der Waals surface area contributed by atoms with Gasteiger partial charge in [-0.1, -0.05) is 50.3 Å². The molecule has 37 heavy (non-hydrogen) atoms. The van der Waals surface area contributed by atoms with Crippen molar-refractivity contribution in [3.8, 4) is 16.9 Å². The monoisotopic (exact) mass is 512 g/mol. The van der Waals surface area contributed by atoms with Crippen molar-refractivity contribution in [3.05, 3.63) is 94.6 Å². The average Bonchev–Trinajstić information content (AvgIpc) is 3.21. The maximum atomic E-state index is 14.9. The lowest BCUT2D eigenvalue weighted by molar-refractivity contribution is -0.136. The van der Waals surface area contributed by atoms with Gasteiger partial charge in [-0.2, -0.15) is 0 Å². The van der Waals surface area contributed by atoms with Crippen molar-refractivity contribution < 1.29 is 32.2 Å². The molecule has 0 radical (unpaired) electrons. The van der Waals surface area contributed by atoms with Crippen LogP contribution in [0.3, 0.4) is 0 Å². The average molecular weight is 513 g/mol. The van der Waals surface area contributed by atoms with Crippen LogP contribution in [0, 0.1) is 17.0 Å². The van der Waals surface area contributed by atoms with Gasteiger partial charge in [0, 0.05) is 17.5 Å². The van der Waals surface area contributed by atoms with Gasteiger partial charge in [-0.25, -0.2) is 17.6 Å². The molecule has 1 N–H and O–H groups in total. The molecular formula is C30H28F4O3. The number of rotatable bonds is 9. The Morgan fingerprint density at radius 2 is 1.81 bits per heavy atom. The van der Waals surface area contributed by atoms with Crippen LogP contribution in [0.2, 0.25) is 0 Å². The predicted molar refractivity (Wildman–Crippen MR) is 134 cm³/mol. The number of halogens is 4. The van der Waals surface area contributed by atoms with Crippen molar-refractivity contribution in [2.24, 2.45) is 5.41 Å². The van der Waals surface area contributed by atoms with E-state index in [4.69, 9.17) is 9.84 Å². The van der Waals surface area contributed by atoms with E-state index in [-0.39, 0.29) is 47.3 Å². The lowest BCUT2D eigenvalue weighted by Crippen LogP contribution is -2.10. The van der Waals surface area contributed by atoms with Crippen molar-refractivity contribution in [3.63, 3.8) is 0 Å². The third-order valence-corrected chi connectivity index (χ3v) is 6.80. The second kappa shape index (κ2) is 10.8. The third-order valence-electron chi connectivity index (χ3n) is 6.80. The van der Waals surface area contributed by atoms with Gasteiger partial charge in [0.05, 0.1) is 0 Å². The zero-order valence-corrected chi connectivity index (χ0v) is 20.7. The zero-order chi connectivity index (χ0) is 26.7. The number of carboxylic acid groups (broad SMARTS) is 1. The first-order valence-corrected chi connectivity index (χ1v) is 12.1. The zero-order valence-electron chi connectivity index (χ0n) is 20.7. The maximum Gasteiger partial charge on any atom is 0.303 e. The Morgan fingerprint density at radius 3 is 2.49 bits per heavy atom. The molecule has 0 fully saturated rings. The van der Waals surface area contributed by atoms with E-state index in [2.05, 4.69) is 19.9 Å². The van der Waals surface area contributed by atoms with E-state index in [1.807, 2.05) is 6.07 Å². The highest BCUT2D eigenvalue weighted by Crippen LogP contribution is 2.47. The minimum atomic E-state index is -2.72. The molecule has 1 aliphatic rings. The summed E-state index contributed by atoms with van der Waals surface area (Å²) in [5.74, 6) is -2.21. The first-order chi connectivity index (χ1) is 17.6.